The Hall–Kier alpha value is -1.46. The second-order valence-electron chi connectivity index (χ2n) is 3.77. The molecule has 0 unspecified atom stereocenters. The topological polar surface area (TPSA) is 46.5 Å². The molecule has 0 aliphatic carbocycles. The minimum absolute atomic E-state index is 0.0406. The Bertz CT molecular complexity index is 602. The summed E-state index contributed by atoms with van der Waals surface area (Å²) in [6.07, 6.45) is 1.90. The lowest BCUT2D eigenvalue weighted by Gasteiger charge is -1.99. The van der Waals surface area contributed by atoms with Gasteiger partial charge in [-0.2, -0.15) is 4.40 Å². The van der Waals surface area contributed by atoms with Crippen molar-refractivity contribution in [2.75, 3.05) is 5.75 Å². The van der Waals surface area contributed by atoms with Gasteiger partial charge >= 0.3 is 0 Å². The molecule has 94 valence electrons. The molecular formula is C13H13NO2S2. The van der Waals surface area contributed by atoms with Crippen LogP contribution >= 0.6 is 11.3 Å². The lowest BCUT2D eigenvalue weighted by molar-refractivity contribution is 0.597. The molecule has 5 heteroatoms. The first-order chi connectivity index (χ1) is 8.66. The van der Waals surface area contributed by atoms with Crippen molar-refractivity contribution in [1.82, 2.24) is 0 Å². The standard InChI is InChI=1S/C13H13NO2S2/c15-18(16,14-11-13-7-4-9-17-13)10-8-12-5-2-1-3-6-12/h1-7,9,11H,8,10H2. The molecule has 18 heavy (non-hydrogen) atoms. The lowest BCUT2D eigenvalue weighted by atomic mass is 10.2. The minimum atomic E-state index is -3.38. The molecule has 1 heterocycles. The monoisotopic (exact) mass is 279 g/mol. The van der Waals surface area contributed by atoms with Crippen molar-refractivity contribution in [2.45, 2.75) is 6.42 Å². The zero-order valence-corrected chi connectivity index (χ0v) is 11.3. The Morgan fingerprint density at radius 2 is 1.89 bits per heavy atom. The minimum Gasteiger partial charge on any atom is -0.205 e. The van der Waals surface area contributed by atoms with E-state index in [9.17, 15) is 8.42 Å². The summed E-state index contributed by atoms with van der Waals surface area (Å²) in [5, 5.41) is 1.89. The third-order valence-corrected chi connectivity index (χ3v) is 4.33. The van der Waals surface area contributed by atoms with Gasteiger partial charge in [0.05, 0.1) is 12.0 Å². The normalized spacial score (nSPS) is 12.0. The highest BCUT2D eigenvalue weighted by Crippen LogP contribution is 2.07. The van der Waals surface area contributed by atoms with Gasteiger partial charge < -0.3 is 0 Å². The summed E-state index contributed by atoms with van der Waals surface area (Å²) in [4.78, 5) is 0.846. The quantitative estimate of drug-likeness (QED) is 0.790. The van der Waals surface area contributed by atoms with Crippen molar-refractivity contribution in [2.24, 2.45) is 4.40 Å². The van der Waals surface area contributed by atoms with E-state index in [-0.39, 0.29) is 5.75 Å². The summed E-state index contributed by atoms with van der Waals surface area (Å²) in [5.41, 5.74) is 1.01. The predicted molar refractivity (Wildman–Crippen MR) is 75.8 cm³/mol. The van der Waals surface area contributed by atoms with Crippen LogP contribution in [0.5, 0.6) is 0 Å². The van der Waals surface area contributed by atoms with Crippen LogP contribution < -0.4 is 0 Å². The third kappa shape index (κ3) is 4.09. The lowest BCUT2D eigenvalue weighted by Crippen LogP contribution is -2.05. The highest BCUT2D eigenvalue weighted by atomic mass is 32.2. The van der Waals surface area contributed by atoms with Crippen LogP contribution in [-0.4, -0.2) is 20.4 Å². The molecule has 0 bridgehead atoms. The maximum Gasteiger partial charge on any atom is 0.253 e. The van der Waals surface area contributed by atoms with Gasteiger partial charge in [0.1, 0.15) is 0 Å². The van der Waals surface area contributed by atoms with Crippen molar-refractivity contribution in [3.05, 3.63) is 58.3 Å². The SMILES string of the molecule is O=S(=O)(CCc1ccccc1)N=Cc1cccs1. The molecule has 1 aromatic carbocycles. The summed E-state index contributed by atoms with van der Waals surface area (Å²) in [6, 6.07) is 13.2. The number of sulfonamides is 1. The number of benzene rings is 1. The summed E-state index contributed by atoms with van der Waals surface area (Å²) in [5.74, 6) is 0.0406. The average molecular weight is 279 g/mol. The molecule has 0 saturated heterocycles. The van der Waals surface area contributed by atoms with Crippen LogP contribution in [0.15, 0.2) is 52.2 Å². The van der Waals surface area contributed by atoms with Crippen LogP contribution in [0.1, 0.15) is 10.4 Å². The van der Waals surface area contributed by atoms with E-state index in [1.165, 1.54) is 17.6 Å². The molecule has 0 saturated carbocycles. The fourth-order valence-corrected chi connectivity index (χ4v) is 2.97. The van der Waals surface area contributed by atoms with Gasteiger partial charge in [0.2, 0.25) is 0 Å². The van der Waals surface area contributed by atoms with Crippen molar-refractivity contribution in [1.29, 1.82) is 0 Å². The van der Waals surface area contributed by atoms with E-state index >= 15 is 0 Å². The van der Waals surface area contributed by atoms with E-state index in [0.717, 1.165) is 10.4 Å². The van der Waals surface area contributed by atoms with Crippen LogP contribution in [0.4, 0.5) is 0 Å². The van der Waals surface area contributed by atoms with Crippen LogP contribution in [-0.2, 0) is 16.4 Å². The first-order valence-corrected chi connectivity index (χ1v) is 8.00. The first-order valence-electron chi connectivity index (χ1n) is 5.51. The molecule has 2 rings (SSSR count). The second-order valence-corrected chi connectivity index (χ2v) is 6.53. The van der Waals surface area contributed by atoms with Crippen molar-refractivity contribution in [3.8, 4) is 0 Å². The van der Waals surface area contributed by atoms with Gasteiger partial charge in [-0.25, -0.2) is 8.42 Å². The molecule has 0 aliphatic rings. The van der Waals surface area contributed by atoms with Crippen LogP contribution in [0.3, 0.4) is 0 Å². The molecule has 0 radical (unpaired) electrons. The molecule has 2 aromatic rings. The number of thiophene rings is 1. The van der Waals surface area contributed by atoms with Crippen molar-refractivity contribution >= 4 is 27.6 Å². The average Bonchev–Trinajstić information content (AvgIpc) is 2.89. The number of hydrogen-bond acceptors (Lipinski definition) is 3. The summed E-state index contributed by atoms with van der Waals surface area (Å²) in [7, 11) is -3.38. The van der Waals surface area contributed by atoms with E-state index in [1.807, 2.05) is 47.8 Å². The number of rotatable bonds is 5. The molecule has 1 aromatic heterocycles. The van der Waals surface area contributed by atoms with Gasteiger partial charge in [0, 0.05) is 4.88 Å². The summed E-state index contributed by atoms with van der Waals surface area (Å²) >= 11 is 1.46. The van der Waals surface area contributed by atoms with Gasteiger partial charge in [-0.05, 0) is 23.4 Å². The molecule has 3 nitrogen and oxygen atoms in total. The summed E-state index contributed by atoms with van der Waals surface area (Å²) in [6.45, 7) is 0. The van der Waals surface area contributed by atoms with Crippen molar-refractivity contribution < 1.29 is 8.42 Å². The molecule has 0 atom stereocenters. The van der Waals surface area contributed by atoms with Gasteiger partial charge in [-0.15, -0.1) is 11.3 Å². The van der Waals surface area contributed by atoms with E-state index in [1.54, 1.807) is 0 Å². The Morgan fingerprint density at radius 1 is 1.11 bits per heavy atom. The largest absolute Gasteiger partial charge is 0.253 e. The Labute approximate surface area is 111 Å². The van der Waals surface area contributed by atoms with Gasteiger partial charge in [0.15, 0.2) is 0 Å². The zero-order chi connectivity index (χ0) is 12.8. The third-order valence-electron chi connectivity index (χ3n) is 2.38. The molecule has 0 aliphatic heterocycles. The molecule has 0 fully saturated rings. The van der Waals surface area contributed by atoms with Crippen molar-refractivity contribution in [3.63, 3.8) is 0 Å². The van der Waals surface area contributed by atoms with Gasteiger partial charge in [0.25, 0.3) is 10.0 Å². The second kappa shape index (κ2) is 5.93. The number of hydrogen-bond donors (Lipinski definition) is 0. The van der Waals surface area contributed by atoms with Crippen LogP contribution in [0, 0.1) is 0 Å². The van der Waals surface area contributed by atoms with E-state index in [0.29, 0.717) is 6.42 Å². The zero-order valence-electron chi connectivity index (χ0n) is 9.69. The smallest absolute Gasteiger partial charge is 0.205 e. The number of aryl methyl sites for hydroxylation is 1. The Kier molecular flexibility index (Phi) is 4.28. The van der Waals surface area contributed by atoms with E-state index < -0.39 is 10.0 Å². The molecular weight excluding hydrogens is 266 g/mol. The highest BCUT2D eigenvalue weighted by molar-refractivity contribution is 7.90. The summed E-state index contributed by atoms with van der Waals surface area (Å²) < 4.78 is 27.1. The van der Waals surface area contributed by atoms with Gasteiger partial charge in [-0.1, -0.05) is 36.4 Å². The molecule has 0 N–H and O–H groups in total. The molecule has 0 amide bonds. The number of nitrogens with zero attached hydrogens (tertiary/aromatic N) is 1. The van der Waals surface area contributed by atoms with E-state index in [4.69, 9.17) is 0 Å². The predicted octanol–water partition coefficient (Wildman–Crippen LogP) is 2.74. The first kappa shape index (κ1) is 13.0. The van der Waals surface area contributed by atoms with Gasteiger partial charge in [-0.3, -0.25) is 0 Å². The molecule has 0 spiro atoms. The Morgan fingerprint density at radius 3 is 2.56 bits per heavy atom. The van der Waals surface area contributed by atoms with Crippen LogP contribution in [0.25, 0.3) is 0 Å². The highest BCUT2D eigenvalue weighted by Gasteiger charge is 2.07. The van der Waals surface area contributed by atoms with E-state index in [2.05, 4.69) is 4.40 Å². The fourth-order valence-electron chi connectivity index (χ4n) is 1.44. The maximum absolute atomic E-state index is 11.7. The maximum atomic E-state index is 11.7. The Balaban J connectivity index is 1.96. The fraction of sp³-hybridized carbons (Fsp3) is 0.154. The van der Waals surface area contributed by atoms with Crippen LogP contribution in [0.2, 0.25) is 0 Å².